The van der Waals surface area contributed by atoms with Crippen molar-refractivity contribution in [3.8, 4) is 11.6 Å². The van der Waals surface area contributed by atoms with E-state index in [1.54, 1.807) is 6.20 Å². The van der Waals surface area contributed by atoms with E-state index in [0.29, 0.717) is 11.7 Å². The van der Waals surface area contributed by atoms with Crippen molar-refractivity contribution in [3.05, 3.63) is 17.6 Å². The van der Waals surface area contributed by atoms with Crippen molar-refractivity contribution in [1.82, 2.24) is 20.3 Å². The van der Waals surface area contributed by atoms with Crippen LogP contribution in [0.2, 0.25) is 0 Å². The van der Waals surface area contributed by atoms with Crippen LogP contribution in [-0.2, 0) is 5.88 Å². The van der Waals surface area contributed by atoms with E-state index in [2.05, 4.69) is 20.3 Å². The van der Waals surface area contributed by atoms with Gasteiger partial charge in [-0.2, -0.15) is 10.1 Å². The molecule has 2 heterocycles. The maximum atomic E-state index is 5.53. The largest absolute Gasteiger partial charge is 0.332 e. The number of nitrogens with one attached hydrogen (secondary N) is 1. The molecule has 0 saturated heterocycles. The third-order valence-corrected chi connectivity index (χ3v) is 1.87. The number of aryl methyl sites for hydroxylation is 1. The van der Waals surface area contributed by atoms with Crippen molar-refractivity contribution in [3.63, 3.8) is 0 Å². The zero-order chi connectivity index (χ0) is 9.26. The highest BCUT2D eigenvalue weighted by Gasteiger charge is 2.11. The normalized spacial score (nSPS) is 10.6. The zero-order valence-corrected chi connectivity index (χ0v) is 7.67. The van der Waals surface area contributed by atoms with Crippen LogP contribution in [0.1, 0.15) is 11.4 Å². The molecule has 0 amide bonds. The van der Waals surface area contributed by atoms with Crippen molar-refractivity contribution in [1.29, 1.82) is 0 Å². The Morgan fingerprint density at radius 1 is 1.62 bits per heavy atom. The van der Waals surface area contributed by atoms with Gasteiger partial charge in [0.05, 0.1) is 12.1 Å². The molecule has 0 saturated carbocycles. The fourth-order valence-electron chi connectivity index (χ4n) is 0.973. The van der Waals surface area contributed by atoms with Crippen molar-refractivity contribution in [2.45, 2.75) is 12.8 Å². The molecule has 0 atom stereocenters. The lowest BCUT2D eigenvalue weighted by molar-refractivity contribution is 0.423. The molecule has 0 radical (unpaired) electrons. The summed E-state index contributed by atoms with van der Waals surface area (Å²) in [7, 11) is 0. The number of hydrogen-bond donors (Lipinski definition) is 1. The predicted molar refractivity (Wildman–Crippen MR) is 46.2 cm³/mol. The quantitative estimate of drug-likeness (QED) is 0.743. The van der Waals surface area contributed by atoms with Gasteiger partial charge in [-0.15, -0.1) is 11.6 Å². The van der Waals surface area contributed by atoms with Crippen LogP contribution in [0.3, 0.4) is 0 Å². The SMILES string of the molecule is Cc1cn[nH]c1-c1nc(CCl)no1. The summed E-state index contributed by atoms with van der Waals surface area (Å²) in [6, 6.07) is 0. The summed E-state index contributed by atoms with van der Waals surface area (Å²) in [6.45, 7) is 1.91. The minimum absolute atomic E-state index is 0.247. The van der Waals surface area contributed by atoms with Crippen molar-refractivity contribution in [2.24, 2.45) is 0 Å². The number of halogens is 1. The molecule has 0 unspecified atom stereocenters. The summed E-state index contributed by atoms with van der Waals surface area (Å²) in [5.74, 6) is 1.15. The third-order valence-electron chi connectivity index (χ3n) is 1.63. The summed E-state index contributed by atoms with van der Waals surface area (Å²) in [4.78, 5) is 4.05. The van der Waals surface area contributed by atoms with E-state index in [1.165, 1.54) is 0 Å². The van der Waals surface area contributed by atoms with Gasteiger partial charge in [0.25, 0.3) is 5.89 Å². The van der Waals surface area contributed by atoms with Crippen molar-refractivity contribution in [2.75, 3.05) is 0 Å². The number of rotatable bonds is 2. The van der Waals surface area contributed by atoms with E-state index >= 15 is 0 Å². The van der Waals surface area contributed by atoms with E-state index in [0.717, 1.165) is 11.3 Å². The molecule has 0 bridgehead atoms. The number of nitrogens with zero attached hydrogens (tertiary/aromatic N) is 3. The number of H-pyrrole nitrogens is 1. The molecule has 68 valence electrons. The first kappa shape index (κ1) is 8.25. The van der Waals surface area contributed by atoms with Gasteiger partial charge in [0.15, 0.2) is 5.82 Å². The highest BCUT2D eigenvalue weighted by atomic mass is 35.5. The highest BCUT2D eigenvalue weighted by molar-refractivity contribution is 6.16. The van der Waals surface area contributed by atoms with Crippen LogP contribution in [0.4, 0.5) is 0 Å². The van der Waals surface area contributed by atoms with Gasteiger partial charge in [0.1, 0.15) is 5.69 Å². The molecule has 2 aromatic heterocycles. The average Bonchev–Trinajstić information content (AvgIpc) is 2.71. The third kappa shape index (κ3) is 1.42. The first-order valence-corrected chi connectivity index (χ1v) is 4.23. The van der Waals surface area contributed by atoms with E-state index in [-0.39, 0.29) is 5.88 Å². The standard InChI is InChI=1S/C7H7ClN4O/c1-4-3-9-11-6(4)7-10-5(2-8)12-13-7/h3H,2H2,1H3,(H,9,11). The molecular weight excluding hydrogens is 192 g/mol. The maximum Gasteiger partial charge on any atom is 0.276 e. The predicted octanol–water partition coefficient (Wildman–Crippen LogP) is 1.51. The van der Waals surface area contributed by atoms with Gasteiger partial charge < -0.3 is 4.52 Å². The molecule has 2 rings (SSSR count). The first-order chi connectivity index (χ1) is 6.31. The molecular formula is C7H7ClN4O. The van der Waals surface area contributed by atoms with E-state index in [1.807, 2.05) is 6.92 Å². The van der Waals surface area contributed by atoms with Gasteiger partial charge in [-0.25, -0.2) is 0 Å². The Hall–Kier alpha value is -1.36. The lowest BCUT2D eigenvalue weighted by Crippen LogP contribution is -1.82. The number of hydrogen-bond acceptors (Lipinski definition) is 4. The Balaban J connectivity index is 2.41. The molecule has 2 aromatic rings. The van der Waals surface area contributed by atoms with E-state index in [4.69, 9.17) is 16.1 Å². The van der Waals surface area contributed by atoms with Gasteiger partial charge in [0, 0.05) is 0 Å². The van der Waals surface area contributed by atoms with Gasteiger partial charge in [-0.3, -0.25) is 5.10 Å². The highest BCUT2D eigenvalue weighted by Crippen LogP contribution is 2.17. The molecule has 1 N–H and O–H groups in total. The molecule has 0 aliphatic heterocycles. The van der Waals surface area contributed by atoms with Crippen LogP contribution in [0, 0.1) is 6.92 Å². The second kappa shape index (κ2) is 3.18. The maximum absolute atomic E-state index is 5.53. The lowest BCUT2D eigenvalue weighted by Gasteiger charge is -1.87. The second-order valence-corrected chi connectivity index (χ2v) is 2.84. The van der Waals surface area contributed by atoms with Crippen LogP contribution in [0.5, 0.6) is 0 Å². The minimum atomic E-state index is 0.247. The van der Waals surface area contributed by atoms with E-state index in [9.17, 15) is 0 Å². The molecule has 0 aliphatic rings. The molecule has 0 spiro atoms. The summed E-state index contributed by atoms with van der Waals surface area (Å²) in [5, 5.41) is 10.3. The molecule has 6 heteroatoms. The lowest BCUT2D eigenvalue weighted by atomic mass is 10.3. The van der Waals surface area contributed by atoms with Crippen molar-refractivity contribution >= 4 is 11.6 Å². The number of alkyl halides is 1. The molecule has 13 heavy (non-hydrogen) atoms. The smallest absolute Gasteiger partial charge is 0.276 e. The van der Waals surface area contributed by atoms with Gasteiger partial charge in [0.2, 0.25) is 0 Å². The molecule has 5 nitrogen and oxygen atoms in total. The number of aromatic amines is 1. The second-order valence-electron chi connectivity index (χ2n) is 2.58. The summed E-state index contributed by atoms with van der Waals surface area (Å²) < 4.78 is 4.96. The fraction of sp³-hybridized carbons (Fsp3) is 0.286. The fourth-order valence-corrected chi connectivity index (χ4v) is 1.08. The Morgan fingerprint density at radius 2 is 2.46 bits per heavy atom. The zero-order valence-electron chi connectivity index (χ0n) is 6.91. The molecule has 0 aliphatic carbocycles. The Bertz CT molecular complexity index is 408. The Morgan fingerprint density at radius 3 is 3.00 bits per heavy atom. The van der Waals surface area contributed by atoms with Crippen LogP contribution in [0.25, 0.3) is 11.6 Å². The van der Waals surface area contributed by atoms with Gasteiger partial charge in [-0.1, -0.05) is 5.16 Å². The monoisotopic (exact) mass is 198 g/mol. The molecule has 0 fully saturated rings. The van der Waals surface area contributed by atoms with E-state index < -0.39 is 0 Å². The summed E-state index contributed by atoms with van der Waals surface area (Å²) in [6.07, 6.45) is 1.69. The average molecular weight is 199 g/mol. The van der Waals surface area contributed by atoms with Gasteiger partial charge >= 0.3 is 0 Å². The Labute approximate surface area is 79.1 Å². The number of aromatic nitrogens is 4. The van der Waals surface area contributed by atoms with Crippen LogP contribution >= 0.6 is 11.6 Å². The van der Waals surface area contributed by atoms with Crippen molar-refractivity contribution < 1.29 is 4.52 Å². The van der Waals surface area contributed by atoms with Crippen LogP contribution in [0.15, 0.2) is 10.7 Å². The first-order valence-electron chi connectivity index (χ1n) is 3.70. The molecule has 0 aromatic carbocycles. The topological polar surface area (TPSA) is 67.6 Å². The minimum Gasteiger partial charge on any atom is -0.332 e. The summed E-state index contributed by atoms with van der Waals surface area (Å²) >= 11 is 5.53. The summed E-state index contributed by atoms with van der Waals surface area (Å²) in [5.41, 5.74) is 1.70. The van der Waals surface area contributed by atoms with Gasteiger partial charge in [-0.05, 0) is 12.5 Å². The van der Waals surface area contributed by atoms with Crippen LogP contribution in [-0.4, -0.2) is 20.3 Å². The Kier molecular flexibility index (Phi) is 2.02. The van der Waals surface area contributed by atoms with Crippen LogP contribution < -0.4 is 0 Å².